The Morgan fingerprint density at radius 2 is 1.65 bits per heavy atom. The summed E-state index contributed by atoms with van der Waals surface area (Å²) < 4.78 is 16.9. The van der Waals surface area contributed by atoms with Crippen LogP contribution in [0.4, 0.5) is 0 Å². The number of hydrogen-bond acceptors (Lipinski definition) is 5. The van der Waals surface area contributed by atoms with E-state index < -0.39 is 11.4 Å². The molecule has 0 unspecified atom stereocenters. The molecule has 0 amide bonds. The van der Waals surface area contributed by atoms with Gasteiger partial charge in [-0.1, -0.05) is 29.8 Å². The second kappa shape index (κ2) is 8.66. The average molecular weight is 435 g/mol. The van der Waals surface area contributed by atoms with Gasteiger partial charge in [-0.3, -0.25) is 4.79 Å². The smallest absolute Gasteiger partial charge is 0.349 e. The standard InChI is InChI=1S/C25H19ClO5/c1-15-12-20-21(13-16(15)2)30-24(17-8-10-18(26)11-9-17)25(23(20)28)31-22(27)14-29-19-6-4-3-5-7-19/h3-13H,14H2,1-2H3. The first-order chi connectivity index (χ1) is 14.9. The van der Waals surface area contributed by atoms with Gasteiger partial charge >= 0.3 is 5.97 Å². The van der Waals surface area contributed by atoms with Crippen molar-refractivity contribution in [2.45, 2.75) is 13.8 Å². The molecule has 0 bridgehead atoms. The number of para-hydroxylation sites is 1. The Balaban J connectivity index is 1.76. The monoisotopic (exact) mass is 434 g/mol. The van der Waals surface area contributed by atoms with Gasteiger partial charge in [0.05, 0.1) is 5.39 Å². The number of ether oxygens (including phenoxy) is 2. The van der Waals surface area contributed by atoms with Crippen molar-refractivity contribution in [3.05, 3.63) is 93.1 Å². The summed E-state index contributed by atoms with van der Waals surface area (Å²) in [4.78, 5) is 25.7. The van der Waals surface area contributed by atoms with Crippen LogP contribution in [0.2, 0.25) is 5.02 Å². The molecule has 0 saturated carbocycles. The number of esters is 1. The lowest BCUT2D eigenvalue weighted by Gasteiger charge is -2.12. The molecule has 0 N–H and O–H groups in total. The van der Waals surface area contributed by atoms with E-state index in [1.165, 1.54) is 0 Å². The lowest BCUT2D eigenvalue weighted by molar-refractivity contribution is -0.136. The lowest BCUT2D eigenvalue weighted by Crippen LogP contribution is -2.21. The first kappa shape index (κ1) is 20.7. The summed E-state index contributed by atoms with van der Waals surface area (Å²) in [5.41, 5.74) is 2.47. The summed E-state index contributed by atoms with van der Waals surface area (Å²) >= 11 is 5.99. The van der Waals surface area contributed by atoms with Crippen molar-refractivity contribution in [1.29, 1.82) is 0 Å². The molecule has 0 atom stereocenters. The molecule has 3 aromatic carbocycles. The quantitative estimate of drug-likeness (QED) is 0.376. The summed E-state index contributed by atoms with van der Waals surface area (Å²) in [7, 11) is 0. The SMILES string of the molecule is Cc1cc2oc(-c3ccc(Cl)cc3)c(OC(=O)COc3ccccc3)c(=O)c2cc1C. The maximum Gasteiger partial charge on any atom is 0.349 e. The first-order valence-corrected chi connectivity index (χ1v) is 10.0. The molecular formula is C25H19ClO5. The summed E-state index contributed by atoms with van der Waals surface area (Å²) in [6.45, 7) is 3.49. The molecule has 0 spiro atoms. The zero-order valence-electron chi connectivity index (χ0n) is 17.0. The van der Waals surface area contributed by atoms with E-state index in [1.807, 2.05) is 19.9 Å². The Hall–Kier alpha value is -3.57. The van der Waals surface area contributed by atoms with Gasteiger partial charge in [-0.2, -0.15) is 0 Å². The summed E-state index contributed by atoms with van der Waals surface area (Å²) in [5, 5.41) is 0.876. The maximum absolute atomic E-state index is 13.3. The van der Waals surface area contributed by atoms with Gasteiger partial charge in [0.1, 0.15) is 11.3 Å². The van der Waals surface area contributed by atoms with Gasteiger partial charge in [0.25, 0.3) is 0 Å². The van der Waals surface area contributed by atoms with E-state index in [0.29, 0.717) is 27.3 Å². The second-order valence-electron chi connectivity index (χ2n) is 7.10. The van der Waals surface area contributed by atoms with Crippen molar-refractivity contribution in [2.24, 2.45) is 0 Å². The molecule has 1 aromatic heterocycles. The highest BCUT2D eigenvalue weighted by molar-refractivity contribution is 6.30. The molecule has 156 valence electrons. The zero-order chi connectivity index (χ0) is 22.0. The molecule has 31 heavy (non-hydrogen) atoms. The molecule has 6 heteroatoms. The fourth-order valence-electron chi connectivity index (χ4n) is 3.12. The Kier molecular flexibility index (Phi) is 5.78. The number of hydrogen-bond donors (Lipinski definition) is 0. The van der Waals surface area contributed by atoms with Gasteiger partial charge in [-0.15, -0.1) is 0 Å². The third-order valence-corrected chi connectivity index (χ3v) is 5.14. The molecule has 0 fully saturated rings. The van der Waals surface area contributed by atoms with Gasteiger partial charge < -0.3 is 13.9 Å². The number of fused-ring (bicyclic) bond motifs is 1. The van der Waals surface area contributed by atoms with Crippen LogP contribution in [0.25, 0.3) is 22.3 Å². The number of carbonyl (C=O) groups is 1. The number of halogens is 1. The minimum absolute atomic E-state index is 0.158. The van der Waals surface area contributed by atoms with Crippen LogP contribution in [0, 0.1) is 13.8 Å². The number of aryl methyl sites for hydroxylation is 2. The zero-order valence-corrected chi connectivity index (χ0v) is 17.7. The Bertz CT molecular complexity index is 1310. The van der Waals surface area contributed by atoms with Crippen LogP contribution in [0.1, 0.15) is 11.1 Å². The first-order valence-electron chi connectivity index (χ1n) is 9.65. The van der Waals surface area contributed by atoms with Crippen molar-refractivity contribution in [3.8, 4) is 22.8 Å². The van der Waals surface area contributed by atoms with Gasteiger partial charge in [0.2, 0.25) is 11.2 Å². The molecule has 0 aliphatic rings. The summed E-state index contributed by atoms with van der Waals surface area (Å²) in [5.74, 6) is -0.214. The second-order valence-corrected chi connectivity index (χ2v) is 7.54. The highest BCUT2D eigenvalue weighted by Crippen LogP contribution is 2.32. The average Bonchev–Trinajstić information content (AvgIpc) is 2.77. The van der Waals surface area contributed by atoms with Crippen molar-refractivity contribution < 1.29 is 18.7 Å². The molecule has 1 heterocycles. The minimum atomic E-state index is -0.713. The van der Waals surface area contributed by atoms with Crippen molar-refractivity contribution in [1.82, 2.24) is 0 Å². The number of benzene rings is 3. The van der Waals surface area contributed by atoms with E-state index in [2.05, 4.69) is 0 Å². The van der Waals surface area contributed by atoms with Crippen LogP contribution >= 0.6 is 11.6 Å². The highest BCUT2D eigenvalue weighted by atomic mass is 35.5. The van der Waals surface area contributed by atoms with Crippen LogP contribution in [-0.2, 0) is 4.79 Å². The van der Waals surface area contributed by atoms with Crippen LogP contribution in [0.3, 0.4) is 0 Å². The van der Waals surface area contributed by atoms with Crippen LogP contribution in [0.5, 0.6) is 11.5 Å². The van der Waals surface area contributed by atoms with E-state index in [4.69, 9.17) is 25.5 Å². The minimum Gasteiger partial charge on any atom is -0.482 e. The predicted molar refractivity (Wildman–Crippen MR) is 120 cm³/mol. The fourth-order valence-corrected chi connectivity index (χ4v) is 3.25. The third-order valence-electron chi connectivity index (χ3n) is 4.89. The van der Waals surface area contributed by atoms with Crippen LogP contribution in [-0.4, -0.2) is 12.6 Å². The van der Waals surface area contributed by atoms with Crippen LogP contribution < -0.4 is 14.9 Å². The molecule has 0 saturated heterocycles. The van der Waals surface area contributed by atoms with E-state index >= 15 is 0 Å². The van der Waals surface area contributed by atoms with Gasteiger partial charge in [-0.25, -0.2) is 4.79 Å². The van der Waals surface area contributed by atoms with E-state index in [9.17, 15) is 9.59 Å². The number of carbonyl (C=O) groups excluding carboxylic acids is 1. The van der Waals surface area contributed by atoms with Crippen molar-refractivity contribution in [3.63, 3.8) is 0 Å². The van der Waals surface area contributed by atoms with E-state index in [0.717, 1.165) is 11.1 Å². The Morgan fingerprint density at radius 3 is 2.35 bits per heavy atom. The van der Waals surface area contributed by atoms with Crippen LogP contribution in [0.15, 0.2) is 75.9 Å². The molecule has 0 radical (unpaired) electrons. The normalized spacial score (nSPS) is 10.8. The van der Waals surface area contributed by atoms with Gasteiger partial charge in [0.15, 0.2) is 12.4 Å². The molecule has 0 aliphatic carbocycles. The molecule has 4 aromatic rings. The fraction of sp³-hybridized carbons (Fsp3) is 0.120. The summed E-state index contributed by atoms with van der Waals surface area (Å²) in [6.07, 6.45) is 0. The van der Waals surface area contributed by atoms with E-state index in [-0.39, 0.29) is 18.1 Å². The predicted octanol–water partition coefficient (Wildman–Crippen LogP) is 5.71. The molecule has 0 aliphatic heterocycles. The third kappa shape index (κ3) is 4.47. The van der Waals surface area contributed by atoms with Crippen molar-refractivity contribution in [2.75, 3.05) is 6.61 Å². The maximum atomic E-state index is 13.3. The Labute approximate surface area is 183 Å². The van der Waals surface area contributed by atoms with Gasteiger partial charge in [0, 0.05) is 10.6 Å². The lowest BCUT2D eigenvalue weighted by atomic mass is 10.0. The molecule has 4 rings (SSSR count). The molecular weight excluding hydrogens is 416 g/mol. The topological polar surface area (TPSA) is 65.7 Å². The summed E-state index contributed by atoms with van der Waals surface area (Å²) in [6, 6.07) is 19.2. The largest absolute Gasteiger partial charge is 0.482 e. The van der Waals surface area contributed by atoms with Gasteiger partial charge in [-0.05, 0) is 73.5 Å². The Morgan fingerprint density at radius 1 is 0.968 bits per heavy atom. The highest BCUT2D eigenvalue weighted by Gasteiger charge is 2.21. The van der Waals surface area contributed by atoms with E-state index in [1.54, 1.807) is 60.7 Å². The number of rotatable bonds is 5. The molecule has 5 nitrogen and oxygen atoms in total. The van der Waals surface area contributed by atoms with Crippen molar-refractivity contribution >= 4 is 28.5 Å².